The molecule has 1 saturated heterocycles. The molecule has 30 heavy (non-hydrogen) atoms. The van der Waals surface area contributed by atoms with E-state index in [2.05, 4.69) is 5.32 Å². The van der Waals surface area contributed by atoms with Gasteiger partial charge in [0.1, 0.15) is 11.4 Å². The summed E-state index contributed by atoms with van der Waals surface area (Å²) < 4.78 is 6.42. The van der Waals surface area contributed by atoms with Crippen molar-refractivity contribution in [2.24, 2.45) is 0 Å². The zero-order valence-corrected chi connectivity index (χ0v) is 17.2. The van der Waals surface area contributed by atoms with Crippen molar-refractivity contribution in [1.82, 2.24) is 4.90 Å². The molecule has 2 amide bonds. The smallest absolute Gasteiger partial charge is 0.253 e. The first-order chi connectivity index (χ1) is 14.3. The second-order valence-electron chi connectivity index (χ2n) is 8.73. The Morgan fingerprint density at radius 2 is 1.87 bits per heavy atom. The number of carbonyl (C=O) groups is 3. The number of rotatable bonds is 1. The van der Waals surface area contributed by atoms with Gasteiger partial charge < -0.3 is 15.0 Å². The van der Waals surface area contributed by atoms with Gasteiger partial charge in [0.2, 0.25) is 5.91 Å². The van der Waals surface area contributed by atoms with E-state index in [0.717, 1.165) is 22.4 Å². The molecule has 6 nitrogen and oxygen atoms in total. The Bertz CT molecular complexity index is 1100. The summed E-state index contributed by atoms with van der Waals surface area (Å²) in [5.74, 6) is 0.742. The normalized spacial score (nSPS) is 19.2. The van der Waals surface area contributed by atoms with Crippen molar-refractivity contribution in [3.8, 4) is 5.75 Å². The van der Waals surface area contributed by atoms with E-state index in [1.54, 1.807) is 12.1 Å². The van der Waals surface area contributed by atoms with Crippen LogP contribution in [0.4, 0.5) is 5.69 Å². The average molecular weight is 404 g/mol. The molecule has 1 N–H and O–H groups in total. The lowest BCUT2D eigenvalue weighted by molar-refractivity contribution is -0.115. The number of likely N-dealkylation sites (tertiary alicyclic amines) is 1. The number of ketones is 1. The van der Waals surface area contributed by atoms with Crippen LogP contribution in [0, 0.1) is 13.8 Å². The number of aryl methyl sites for hydroxylation is 2. The highest BCUT2D eigenvalue weighted by Gasteiger charge is 2.44. The van der Waals surface area contributed by atoms with Gasteiger partial charge in [0.25, 0.3) is 5.91 Å². The molecule has 0 aromatic heterocycles. The maximum atomic E-state index is 13.0. The molecule has 2 aromatic carbocycles. The zero-order chi connectivity index (χ0) is 21.0. The van der Waals surface area contributed by atoms with Gasteiger partial charge in [-0.05, 0) is 54.8 Å². The first-order valence-electron chi connectivity index (χ1n) is 10.4. The average Bonchev–Trinajstić information content (AvgIpc) is 3.08. The highest BCUT2D eigenvalue weighted by Crippen LogP contribution is 2.41. The third kappa shape index (κ3) is 3.07. The second kappa shape index (κ2) is 6.69. The Kier molecular flexibility index (Phi) is 4.20. The lowest BCUT2D eigenvalue weighted by Gasteiger charge is -2.44. The van der Waals surface area contributed by atoms with Crippen LogP contribution in [0.15, 0.2) is 30.3 Å². The molecule has 0 radical (unpaired) electrons. The number of anilines is 1. The standard InChI is InChI=1S/C24H24N2O4/c1-14-9-15(2)22-18(10-14)20(27)13-24(30-22)5-7-26(8-6-24)23(29)16-3-4-19-17(11-16)12-21(28)25-19/h3-4,9-11H,5-8,12-13H2,1-2H3,(H,25,28). The molecular weight excluding hydrogens is 380 g/mol. The van der Waals surface area contributed by atoms with E-state index in [0.29, 0.717) is 55.6 Å². The third-order valence-corrected chi connectivity index (χ3v) is 6.46. The third-order valence-electron chi connectivity index (χ3n) is 6.46. The minimum atomic E-state index is -0.533. The largest absolute Gasteiger partial charge is 0.486 e. The van der Waals surface area contributed by atoms with Crippen molar-refractivity contribution in [2.75, 3.05) is 18.4 Å². The van der Waals surface area contributed by atoms with Crippen LogP contribution < -0.4 is 10.1 Å². The van der Waals surface area contributed by atoms with E-state index in [4.69, 9.17) is 4.74 Å². The number of carbonyl (C=O) groups excluding carboxylic acids is 3. The Morgan fingerprint density at radius 1 is 1.10 bits per heavy atom. The topological polar surface area (TPSA) is 75.7 Å². The predicted molar refractivity (Wildman–Crippen MR) is 112 cm³/mol. The number of ether oxygens (including phenoxy) is 1. The number of piperidine rings is 1. The van der Waals surface area contributed by atoms with Crippen LogP contribution in [0.2, 0.25) is 0 Å². The number of benzene rings is 2. The Hall–Kier alpha value is -3.15. The fraction of sp³-hybridized carbons (Fsp3) is 0.375. The maximum Gasteiger partial charge on any atom is 0.253 e. The summed E-state index contributed by atoms with van der Waals surface area (Å²) in [5.41, 5.74) is 4.43. The van der Waals surface area contributed by atoms with Crippen molar-refractivity contribution in [2.45, 2.75) is 45.1 Å². The first kappa shape index (κ1) is 18.9. The van der Waals surface area contributed by atoms with Crippen LogP contribution in [-0.4, -0.2) is 41.2 Å². The number of fused-ring (bicyclic) bond motifs is 2. The van der Waals surface area contributed by atoms with Gasteiger partial charge in [-0.15, -0.1) is 0 Å². The summed E-state index contributed by atoms with van der Waals surface area (Å²) in [6, 6.07) is 9.31. The summed E-state index contributed by atoms with van der Waals surface area (Å²) >= 11 is 0. The molecule has 0 unspecified atom stereocenters. The van der Waals surface area contributed by atoms with Gasteiger partial charge in [0.05, 0.1) is 18.4 Å². The van der Waals surface area contributed by atoms with Gasteiger partial charge in [-0.1, -0.05) is 6.07 Å². The minimum Gasteiger partial charge on any atom is -0.486 e. The molecule has 0 aliphatic carbocycles. The summed E-state index contributed by atoms with van der Waals surface area (Å²) in [6.07, 6.45) is 1.93. The van der Waals surface area contributed by atoms with Crippen LogP contribution in [0.25, 0.3) is 0 Å². The van der Waals surface area contributed by atoms with Crippen molar-refractivity contribution < 1.29 is 19.1 Å². The van der Waals surface area contributed by atoms with Crippen LogP contribution in [0.1, 0.15) is 56.7 Å². The quantitative estimate of drug-likeness (QED) is 0.790. The summed E-state index contributed by atoms with van der Waals surface area (Å²) in [4.78, 5) is 39.2. The molecule has 6 heteroatoms. The molecule has 3 heterocycles. The lowest BCUT2D eigenvalue weighted by Crippen LogP contribution is -2.52. The summed E-state index contributed by atoms with van der Waals surface area (Å²) in [7, 11) is 0. The lowest BCUT2D eigenvalue weighted by atomic mass is 9.81. The van der Waals surface area contributed by atoms with Crippen molar-refractivity contribution >= 4 is 23.3 Å². The molecule has 3 aliphatic heterocycles. The Balaban J connectivity index is 1.32. The van der Waals surface area contributed by atoms with Crippen molar-refractivity contribution in [1.29, 1.82) is 0 Å². The maximum absolute atomic E-state index is 13.0. The van der Waals surface area contributed by atoms with Crippen LogP contribution >= 0.6 is 0 Å². The number of Topliss-reactive ketones (excluding diaryl/α,β-unsaturated/α-hetero) is 1. The minimum absolute atomic E-state index is 0.0404. The highest BCUT2D eigenvalue weighted by atomic mass is 16.5. The number of amides is 2. The number of hydrogen-bond donors (Lipinski definition) is 1. The second-order valence-corrected chi connectivity index (χ2v) is 8.73. The van der Waals surface area contributed by atoms with Gasteiger partial charge in [-0.3, -0.25) is 14.4 Å². The van der Waals surface area contributed by atoms with E-state index in [-0.39, 0.29) is 17.6 Å². The molecular formula is C24H24N2O4. The molecule has 0 saturated carbocycles. The fourth-order valence-corrected chi connectivity index (χ4v) is 4.88. The van der Waals surface area contributed by atoms with Crippen molar-refractivity contribution in [3.05, 3.63) is 58.1 Å². The molecule has 3 aliphatic rings. The molecule has 5 rings (SSSR count). The predicted octanol–water partition coefficient (Wildman–Crippen LogP) is 3.44. The number of nitrogens with zero attached hydrogens (tertiary/aromatic N) is 1. The molecule has 0 bridgehead atoms. The number of nitrogens with one attached hydrogen (secondary N) is 1. The van der Waals surface area contributed by atoms with Gasteiger partial charge in [0.15, 0.2) is 5.78 Å². The van der Waals surface area contributed by atoms with E-state index >= 15 is 0 Å². The monoisotopic (exact) mass is 404 g/mol. The van der Waals surface area contributed by atoms with Crippen LogP contribution in [0.3, 0.4) is 0 Å². The van der Waals surface area contributed by atoms with Gasteiger partial charge in [0, 0.05) is 37.2 Å². The van der Waals surface area contributed by atoms with Crippen molar-refractivity contribution in [3.63, 3.8) is 0 Å². The van der Waals surface area contributed by atoms with E-state index in [9.17, 15) is 14.4 Å². The van der Waals surface area contributed by atoms with Crippen LogP contribution in [-0.2, 0) is 11.2 Å². The molecule has 1 spiro atoms. The van der Waals surface area contributed by atoms with E-state index in [1.807, 2.05) is 36.9 Å². The summed E-state index contributed by atoms with van der Waals surface area (Å²) in [5, 5.41) is 2.79. The van der Waals surface area contributed by atoms with Gasteiger partial charge in [-0.25, -0.2) is 0 Å². The molecule has 0 atom stereocenters. The SMILES string of the molecule is Cc1cc(C)c2c(c1)C(=O)CC1(CCN(C(=O)c3ccc4c(c3)CC(=O)N4)CC1)O2. The van der Waals surface area contributed by atoms with E-state index in [1.165, 1.54) is 0 Å². The molecule has 1 fully saturated rings. The summed E-state index contributed by atoms with van der Waals surface area (Å²) in [6.45, 7) is 5.05. The Labute approximate surface area is 175 Å². The van der Waals surface area contributed by atoms with E-state index < -0.39 is 5.60 Å². The number of hydrogen-bond acceptors (Lipinski definition) is 4. The molecule has 154 valence electrons. The highest BCUT2D eigenvalue weighted by molar-refractivity contribution is 6.02. The Morgan fingerprint density at radius 3 is 2.63 bits per heavy atom. The van der Waals surface area contributed by atoms with Gasteiger partial charge in [-0.2, -0.15) is 0 Å². The first-order valence-corrected chi connectivity index (χ1v) is 10.4. The molecule has 2 aromatic rings. The zero-order valence-electron chi connectivity index (χ0n) is 17.2. The fourth-order valence-electron chi connectivity index (χ4n) is 4.88. The van der Waals surface area contributed by atoms with Gasteiger partial charge >= 0.3 is 0 Å². The van der Waals surface area contributed by atoms with Crippen LogP contribution in [0.5, 0.6) is 5.75 Å².